The van der Waals surface area contributed by atoms with Gasteiger partial charge in [0.1, 0.15) is 17.9 Å². The van der Waals surface area contributed by atoms with E-state index in [9.17, 15) is 9.59 Å². The highest BCUT2D eigenvalue weighted by molar-refractivity contribution is 9.10. The quantitative estimate of drug-likeness (QED) is 0.457. The van der Waals surface area contributed by atoms with E-state index in [-0.39, 0.29) is 23.2 Å². The molecule has 3 aromatic rings. The van der Waals surface area contributed by atoms with Crippen LogP contribution in [0.2, 0.25) is 0 Å². The van der Waals surface area contributed by atoms with Crippen LogP contribution >= 0.6 is 15.9 Å². The molecule has 0 spiro atoms. The number of hydrogen-bond donors (Lipinski definition) is 0. The number of ether oxygens (including phenoxy) is 2. The summed E-state index contributed by atoms with van der Waals surface area (Å²) in [4.78, 5) is 28.8. The molecule has 2 aliphatic heterocycles. The number of halogens is 1. The van der Waals surface area contributed by atoms with Crippen molar-refractivity contribution >= 4 is 32.8 Å². The average Bonchev–Trinajstić information content (AvgIpc) is 3.41. The van der Waals surface area contributed by atoms with Crippen molar-refractivity contribution < 1.29 is 18.7 Å². The molecule has 2 aromatic carbocycles. The maximum atomic E-state index is 13.6. The van der Waals surface area contributed by atoms with Gasteiger partial charge in [-0.3, -0.25) is 9.59 Å². The van der Waals surface area contributed by atoms with Crippen LogP contribution in [-0.4, -0.2) is 36.7 Å². The fraction of sp³-hybridized carbons (Fsp3) is 0.280. The number of rotatable bonds is 6. The third-order valence-corrected chi connectivity index (χ3v) is 6.39. The first-order valence-electron chi connectivity index (χ1n) is 10.6. The summed E-state index contributed by atoms with van der Waals surface area (Å²) < 4.78 is 18.3. The molecule has 1 fully saturated rings. The van der Waals surface area contributed by atoms with Crippen LogP contribution in [0.4, 0.5) is 0 Å². The molecule has 7 heteroatoms. The molecule has 1 aromatic heterocycles. The summed E-state index contributed by atoms with van der Waals surface area (Å²) in [6, 6.07) is 12.1. The Labute approximate surface area is 193 Å². The van der Waals surface area contributed by atoms with Crippen LogP contribution in [0.25, 0.3) is 11.0 Å². The van der Waals surface area contributed by atoms with E-state index in [4.69, 9.17) is 13.9 Å². The molecule has 3 heterocycles. The molecule has 1 amide bonds. The van der Waals surface area contributed by atoms with Crippen molar-refractivity contribution in [2.75, 3.05) is 19.8 Å². The van der Waals surface area contributed by atoms with E-state index in [1.807, 2.05) is 24.3 Å². The summed E-state index contributed by atoms with van der Waals surface area (Å²) in [7, 11) is 0. The molecule has 32 heavy (non-hydrogen) atoms. The average molecular weight is 496 g/mol. The molecule has 2 unspecified atom stereocenters. The monoisotopic (exact) mass is 495 g/mol. The maximum Gasteiger partial charge on any atom is 0.291 e. The van der Waals surface area contributed by atoms with Gasteiger partial charge in [0.25, 0.3) is 5.91 Å². The second kappa shape index (κ2) is 8.56. The normalized spacial score (nSPS) is 20.0. The molecule has 5 rings (SSSR count). The minimum Gasteiger partial charge on any atom is -0.490 e. The van der Waals surface area contributed by atoms with Crippen molar-refractivity contribution in [1.82, 2.24) is 4.90 Å². The third kappa shape index (κ3) is 3.65. The minimum absolute atomic E-state index is 0.0605. The van der Waals surface area contributed by atoms with Crippen molar-refractivity contribution in [2.24, 2.45) is 0 Å². The highest BCUT2D eigenvalue weighted by atomic mass is 79.9. The maximum absolute atomic E-state index is 13.6. The number of nitrogens with zero attached hydrogens (tertiary/aromatic N) is 1. The van der Waals surface area contributed by atoms with Gasteiger partial charge in [-0.2, -0.15) is 0 Å². The fourth-order valence-corrected chi connectivity index (χ4v) is 4.83. The topological polar surface area (TPSA) is 69.0 Å². The van der Waals surface area contributed by atoms with Crippen molar-refractivity contribution in [3.8, 4) is 5.75 Å². The molecule has 164 valence electrons. The van der Waals surface area contributed by atoms with Crippen molar-refractivity contribution in [3.63, 3.8) is 0 Å². The minimum atomic E-state index is -0.575. The van der Waals surface area contributed by atoms with Gasteiger partial charge >= 0.3 is 0 Å². The Balaban J connectivity index is 1.67. The van der Waals surface area contributed by atoms with Gasteiger partial charge < -0.3 is 18.8 Å². The lowest BCUT2D eigenvalue weighted by Crippen LogP contribution is -2.36. The molecule has 0 N–H and O–H groups in total. The summed E-state index contributed by atoms with van der Waals surface area (Å²) in [5.41, 5.74) is 1.34. The van der Waals surface area contributed by atoms with Gasteiger partial charge in [-0.15, -0.1) is 0 Å². The largest absolute Gasteiger partial charge is 0.490 e. The molecule has 2 aliphatic rings. The van der Waals surface area contributed by atoms with Gasteiger partial charge in [-0.25, -0.2) is 0 Å². The van der Waals surface area contributed by atoms with E-state index in [2.05, 4.69) is 22.5 Å². The van der Waals surface area contributed by atoms with Crippen molar-refractivity contribution in [3.05, 3.63) is 86.7 Å². The molecular weight excluding hydrogens is 474 g/mol. The lowest BCUT2D eigenvalue weighted by Gasteiger charge is -2.27. The van der Waals surface area contributed by atoms with E-state index in [1.165, 1.54) is 0 Å². The van der Waals surface area contributed by atoms with E-state index in [1.54, 1.807) is 29.2 Å². The SMILES string of the molecule is C=CCOc1cccc(C2c3c(oc4ccc(Br)cc4c3=O)C(=O)N2CC2CCCO2)c1. The van der Waals surface area contributed by atoms with Crippen LogP contribution in [-0.2, 0) is 4.74 Å². The summed E-state index contributed by atoms with van der Waals surface area (Å²) in [5.74, 6) is 0.457. The van der Waals surface area contributed by atoms with Gasteiger partial charge in [0.05, 0.1) is 23.1 Å². The van der Waals surface area contributed by atoms with Crippen LogP contribution in [0.15, 0.2) is 68.8 Å². The van der Waals surface area contributed by atoms with Gasteiger partial charge in [-0.1, -0.05) is 40.7 Å². The summed E-state index contributed by atoms with van der Waals surface area (Å²) in [6.07, 6.45) is 3.45. The van der Waals surface area contributed by atoms with Gasteiger partial charge in [0, 0.05) is 17.6 Å². The zero-order valence-electron chi connectivity index (χ0n) is 17.4. The predicted molar refractivity (Wildman–Crippen MR) is 124 cm³/mol. The molecule has 0 bridgehead atoms. The van der Waals surface area contributed by atoms with E-state index < -0.39 is 6.04 Å². The van der Waals surface area contributed by atoms with Crippen LogP contribution in [0.5, 0.6) is 5.75 Å². The standard InChI is InChI=1S/C25H22BrNO5/c1-2-10-30-17-6-3-5-15(12-17)22-21-23(28)19-13-16(26)8-9-20(19)32-24(21)25(29)27(22)14-18-7-4-11-31-18/h2-3,5-6,8-9,12-13,18,22H,1,4,7,10-11,14H2. The zero-order valence-corrected chi connectivity index (χ0v) is 19.0. The van der Waals surface area contributed by atoms with Crippen LogP contribution < -0.4 is 10.2 Å². The summed E-state index contributed by atoms with van der Waals surface area (Å²) in [6.45, 7) is 5.13. The third-order valence-electron chi connectivity index (χ3n) is 5.89. The Hall–Kier alpha value is -2.90. The fourth-order valence-electron chi connectivity index (χ4n) is 4.46. The first kappa shape index (κ1) is 21.0. The van der Waals surface area contributed by atoms with Crippen molar-refractivity contribution in [1.29, 1.82) is 0 Å². The number of carbonyl (C=O) groups excluding carboxylic acids is 1. The first-order valence-corrected chi connectivity index (χ1v) is 11.4. The number of fused-ring (bicyclic) bond motifs is 2. The molecule has 0 radical (unpaired) electrons. The number of amides is 1. The van der Waals surface area contributed by atoms with Crippen molar-refractivity contribution in [2.45, 2.75) is 25.0 Å². The molecule has 0 aliphatic carbocycles. The van der Waals surface area contributed by atoms with Gasteiger partial charge in [-0.05, 0) is 48.7 Å². The predicted octanol–water partition coefficient (Wildman–Crippen LogP) is 4.84. The Morgan fingerprint density at radius 2 is 2.09 bits per heavy atom. The molecular formula is C25H22BrNO5. The Kier molecular flexibility index (Phi) is 5.61. The van der Waals surface area contributed by atoms with E-state index in [0.717, 1.165) is 22.9 Å². The van der Waals surface area contributed by atoms with Crippen LogP contribution in [0, 0.1) is 0 Å². The molecule has 2 atom stereocenters. The van der Waals surface area contributed by atoms with Crippen LogP contribution in [0.1, 0.15) is 40.6 Å². The number of benzene rings is 2. The highest BCUT2D eigenvalue weighted by Gasteiger charge is 2.44. The first-order chi connectivity index (χ1) is 15.6. The lowest BCUT2D eigenvalue weighted by molar-refractivity contribution is 0.0486. The number of hydrogen-bond acceptors (Lipinski definition) is 5. The molecule has 1 saturated heterocycles. The Morgan fingerprint density at radius 3 is 2.88 bits per heavy atom. The van der Waals surface area contributed by atoms with E-state index >= 15 is 0 Å². The smallest absolute Gasteiger partial charge is 0.291 e. The van der Waals surface area contributed by atoms with Gasteiger partial charge in [0.15, 0.2) is 5.43 Å². The number of carbonyl (C=O) groups is 1. The summed E-state index contributed by atoms with van der Waals surface area (Å²) in [5, 5.41) is 0.439. The molecule has 0 saturated carbocycles. The summed E-state index contributed by atoms with van der Waals surface area (Å²) >= 11 is 3.42. The highest BCUT2D eigenvalue weighted by Crippen LogP contribution is 2.40. The van der Waals surface area contributed by atoms with Crippen LogP contribution in [0.3, 0.4) is 0 Å². The van der Waals surface area contributed by atoms with E-state index in [0.29, 0.717) is 42.0 Å². The lowest BCUT2D eigenvalue weighted by atomic mass is 9.98. The Bertz CT molecular complexity index is 1260. The second-order valence-corrected chi connectivity index (χ2v) is 8.90. The molecule has 6 nitrogen and oxygen atoms in total. The second-order valence-electron chi connectivity index (χ2n) is 7.98. The zero-order chi connectivity index (χ0) is 22.2. The van der Waals surface area contributed by atoms with Gasteiger partial charge in [0.2, 0.25) is 5.76 Å². The Morgan fingerprint density at radius 1 is 1.22 bits per heavy atom.